The molecule has 0 aliphatic heterocycles. The van der Waals surface area contributed by atoms with Crippen molar-refractivity contribution in [3.63, 3.8) is 0 Å². The molecule has 1 saturated carbocycles. The van der Waals surface area contributed by atoms with E-state index in [1.807, 2.05) is 52.8 Å². The van der Waals surface area contributed by atoms with E-state index < -0.39 is 0 Å². The molecule has 7 heteroatoms. The first-order chi connectivity index (χ1) is 13.8. The summed E-state index contributed by atoms with van der Waals surface area (Å²) >= 11 is 2.88. The monoisotopic (exact) mass is 427 g/mol. The Hall–Kier alpha value is -2.12. The first-order valence-electron chi connectivity index (χ1n) is 9.84. The van der Waals surface area contributed by atoms with Crippen LogP contribution in [0.4, 0.5) is 0 Å². The predicted octanol–water partition coefficient (Wildman–Crippen LogP) is 4.44. The van der Waals surface area contributed by atoms with E-state index in [0.29, 0.717) is 16.6 Å². The Morgan fingerprint density at radius 3 is 2.66 bits per heavy atom. The summed E-state index contributed by atoms with van der Waals surface area (Å²) in [6, 6.07) is 6.25. The van der Waals surface area contributed by atoms with Crippen LogP contribution in [-0.2, 0) is 4.79 Å². The summed E-state index contributed by atoms with van der Waals surface area (Å²) in [5, 5.41) is 3.95. The summed E-state index contributed by atoms with van der Waals surface area (Å²) in [6.07, 6.45) is 2.10. The Morgan fingerprint density at radius 1 is 1.24 bits per heavy atom. The highest BCUT2D eigenvalue weighted by molar-refractivity contribution is 8.00. The van der Waals surface area contributed by atoms with E-state index in [1.54, 1.807) is 4.57 Å². The van der Waals surface area contributed by atoms with Crippen molar-refractivity contribution < 1.29 is 4.79 Å². The highest BCUT2D eigenvalue weighted by Crippen LogP contribution is 2.32. The number of thioether (sulfide) groups is 1. The molecule has 1 aromatic carbocycles. The van der Waals surface area contributed by atoms with E-state index in [-0.39, 0.29) is 16.7 Å². The maximum atomic E-state index is 13.6. The first kappa shape index (κ1) is 20.2. The average molecular weight is 428 g/mol. The summed E-state index contributed by atoms with van der Waals surface area (Å²) < 4.78 is 1.69. The zero-order chi connectivity index (χ0) is 20.9. The van der Waals surface area contributed by atoms with E-state index in [0.717, 1.165) is 44.9 Å². The molecule has 29 heavy (non-hydrogen) atoms. The first-order valence-corrected chi connectivity index (χ1v) is 11.5. The molecule has 3 aromatic rings. The van der Waals surface area contributed by atoms with Gasteiger partial charge in [-0.2, -0.15) is 0 Å². The van der Waals surface area contributed by atoms with Crippen LogP contribution in [0.3, 0.4) is 0 Å². The molecule has 0 bridgehead atoms. The number of rotatable bonds is 5. The zero-order valence-electron chi connectivity index (χ0n) is 17.3. The smallest absolute Gasteiger partial charge is 0.267 e. The highest BCUT2D eigenvalue weighted by atomic mass is 32.2. The van der Waals surface area contributed by atoms with Crippen LogP contribution < -0.4 is 10.9 Å². The van der Waals surface area contributed by atoms with Crippen molar-refractivity contribution in [3.8, 4) is 5.69 Å². The molecule has 5 nitrogen and oxygen atoms in total. The van der Waals surface area contributed by atoms with Gasteiger partial charge < -0.3 is 5.32 Å². The number of carbonyl (C=O) groups is 1. The van der Waals surface area contributed by atoms with Crippen molar-refractivity contribution in [2.75, 3.05) is 0 Å². The van der Waals surface area contributed by atoms with Gasteiger partial charge in [0.15, 0.2) is 5.16 Å². The standard InChI is InChI=1S/C22H25N3O2S2/c1-11-7-6-8-17(12(11)2)25-21(27)18-13(3)14(4)28-20(18)24-22(25)29-15(5)19(26)23-16-9-10-16/h6-8,15-16H,9-10H2,1-5H3,(H,23,26). The number of hydrogen-bond donors (Lipinski definition) is 1. The number of hydrogen-bond acceptors (Lipinski definition) is 5. The fourth-order valence-electron chi connectivity index (χ4n) is 3.30. The van der Waals surface area contributed by atoms with Gasteiger partial charge in [-0.25, -0.2) is 4.98 Å². The number of aryl methyl sites for hydroxylation is 3. The number of aromatic nitrogens is 2. The Balaban J connectivity index is 1.88. The van der Waals surface area contributed by atoms with Crippen LogP contribution in [0.1, 0.15) is 41.3 Å². The van der Waals surface area contributed by atoms with Crippen LogP contribution in [-0.4, -0.2) is 26.8 Å². The summed E-state index contributed by atoms with van der Waals surface area (Å²) in [7, 11) is 0. The number of fused-ring (bicyclic) bond motifs is 1. The van der Waals surface area contributed by atoms with Gasteiger partial charge >= 0.3 is 0 Å². The molecule has 0 spiro atoms. The summed E-state index contributed by atoms with van der Waals surface area (Å²) in [6.45, 7) is 9.92. The number of thiophene rings is 1. The van der Waals surface area contributed by atoms with E-state index in [4.69, 9.17) is 4.98 Å². The number of carbonyl (C=O) groups excluding carboxylic acids is 1. The summed E-state index contributed by atoms with van der Waals surface area (Å²) in [4.78, 5) is 32.8. The highest BCUT2D eigenvalue weighted by Gasteiger charge is 2.28. The molecule has 0 saturated heterocycles. The molecule has 1 unspecified atom stereocenters. The van der Waals surface area contributed by atoms with Gasteiger partial charge in [-0.05, 0) is 70.2 Å². The fourth-order valence-corrected chi connectivity index (χ4v) is 5.30. The maximum Gasteiger partial charge on any atom is 0.267 e. The van der Waals surface area contributed by atoms with Crippen LogP contribution in [0.15, 0.2) is 28.2 Å². The van der Waals surface area contributed by atoms with Crippen molar-refractivity contribution in [2.24, 2.45) is 0 Å². The Bertz CT molecular complexity index is 1170. The lowest BCUT2D eigenvalue weighted by atomic mass is 10.1. The van der Waals surface area contributed by atoms with E-state index in [2.05, 4.69) is 5.32 Å². The van der Waals surface area contributed by atoms with Gasteiger partial charge in [0.25, 0.3) is 5.56 Å². The van der Waals surface area contributed by atoms with Crippen LogP contribution in [0, 0.1) is 27.7 Å². The third-order valence-electron chi connectivity index (χ3n) is 5.56. The molecule has 2 heterocycles. The van der Waals surface area contributed by atoms with Gasteiger partial charge in [0.05, 0.1) is 16.3 Å². The van der Waals surface area contributed by atoms with Crippen molar-refractivity contribution in [3.05, 3.63) is 50.1 Å². The second-order valence-electron chi connectivity index (χ2n) is 7.76. The minimum atomic E-state index is -0.335. The van der Waals surface area contributed by atoms with Gasteiger partial charge in [-0.15, -0.1) is 11.3 Å². The molecule has 1 fully saturated rings. The van der Waals surface area contributed by atoms with Crippen molar-refractivity contribution >= 4 is 39.2 Å². The Kier molecular flexibility index (Phi) is 5.29. The maximum absolute atomic E-state index is 13.6. The average Bonchev–Trinajstić information content (AvgIpc) is 3.43. The summed E-state index contributed by atoms with van der Waals surface area (Å²) in [5.41, 5.74) is 3.89. The van der Waals surface area contributed by atoms with Crippen LogP contribution in [0.2, 0.25) is 0 Å². The SMILES string of the molecule is Cc1cccc(-n2c(SC(C)C(=O)NC3CC3)nc3sc(C)c(C)c3c2=O)c1C. The molecule has 1 atom stereocenters. The van der Waals surface area contributed by atoms with Crippen LogP contribution in [0.5, 0.6) is 0 Å². The molecule has 2 aromatic heterocycles. The van der Waals surface area contributed by atoms with Gasteiger partial charge in [-0.3, -0.25) is 14.2 Å². The van der Waals surface area contributed by atoms with Gasteiger partial charge in [-0.1, -0.05) is 23.9 Å². The van der Waals surface area contributed by atoms with Gasteiger partial charge in [0, 0.05) is 10.9 Å². The number of amides is 1. The van der Waals surface area contributed by atoms with E-state index in [1.165, 1.54) is 23.1 Å². The van der Waals surface area contributed by atoms with Gasteiger partial charge in [0.1, 0.15) is 4.83 Å². The minimum Gasteiger partial charge on any atom is -0.352 e. The third kappa shape index (κ3) is 3.73. The predicted molar refractivity (Wildman–Crippen MR) is 121 cm³/mol. The van der Waals surface area contributed by atoms with Crippen LogP contribution >= 0.6 is 23.1 Å². The lowest BCUT2D eigenvalue weighted by Gasteiger charge is -2.18. The molecular formula is C22H25N3O2S2. The second-order valence-corrected chi connectivity index (χ2v) is 10.3. The molecule has 1 amide bonds. The van der Waals surface area contributed by atoms with Crippen molar-refractivity contribution in [1.29, 1.82) is 0 Å². The number of benzene rings is 1. The molecule has 0 radical (unpaired) electrons. The number of nitrogens with one attached hydrogen (secondary N) is 1. The minimum absolute atomic E-state index is 0.00194. The summed E-state index contributed by atoms with van der Waals surface area (Å²) in [5.74, 6) is -0.00194. The lowest BCUT2D eigenvalue weighted by Crippen LogP contribution is -2.33. The molecule has 4 rings (SSSR count). The van der Waals surface area contributed by atoms with Crippen molar-refractivity contribution in [1.82, 2.24) is 14.9 Å². The Morgan fingerprint density at radius 2 is 1.97 bits per heavy atom. The Labute approximate surface area is 178 Å². The largest absolute Gasteiger partial charge is 0.352 e. The number of nitrogens with zero attached hydrogens (tertiary/aromatic N) is 2. The third-order valence-corrected chi connectivity index (χ3v) is 7.72. The van der Waals surface area contributed by atoms with Gasteiger partial charge in [0.2, 0.25) is 5.91 Å². The zero-order valence-corrected chi connectivity index (χ0v) is 19.0. The lowest BCUT2D eigenvalue weighted by molar-refractivity contribution is -0.120. The van der Waals surface area contributed by atoms with Crippen LogP contribution in [0.25, 0.3) is 15.9 Å². The molecule has 1 aliphatic rings. The van der Waals surface area contributed by atoms with E-state index in [9.17, 15) is 9.59 Å². The molecular weight excluding hydrogens is 402 g/mol. The van der Waals surface area contributed by atoms with E-state index >= 15 is 0 Å². The second kappa shape index (κ2) is 7.61. The topological polar surface area (TPSA) is 64.0 Å². The molecule has 152 valence electrons. The fraction of sp³-hybridized carbons (Fsp3) is 0.409. The molecule has 1 N–H and O–H groups in total. The normalized spacial score (nSPS) is 14.9. The van der Waals surface area contributed by atoms with Crippen molar-refractivity contribution in [2.45, 2.75) is 63.9 Å². The quantitative estimate of drug-likeness (QED) is 0.483. The molecule has 1 aliphatic carbocycles.